The molecule has 1 aromatic rings. The van der Waals surface area contributed by atoms with E-state index in [0.29, 0.717) is 0 Å². The minimum absolute atomic E-state index is 0.240. The molecule has 1 rings (SSSR count). The van der Waals surface area contributed by atoms with Crippen molar-refractivity contribution in [1.82, 2.24) is 9.97 Å². The minimum Gasteiger partial charge on any atom is -0.348 e. The Morgan fingerprint density at radius 3 is 2.77 bits per heavy atom. The normalized spacial score (nSPS) is 15.3. The van der Waals surface area contributed by atoms with Gasteiger partial charge in [-0.25, -0.2) is 4.98 Å². The van der Waals surface area contributed by atoms with Crippen LogP contribution >= 0.6 is 0 Å². The Balaban J connectivity index is 2.75. The molecule has 1 atom stereocenters. The largest absolute Gasteiger partial charge is 0.348 e. The Morgan fingerprint density at radius 1 is 1.69 bits per heavy atom. The van der Waals surface area contributed by atoms with Crippen LogP contribution in [0.4, 0.5) is 0 Å². The molecule has 0 bridgehead atoms. The summed E-state index contributed by atoms with van der Waals surface area (Å²) >= 11 is 0. The number of ketones is 1. The van der Waals surface area contributed by atoms with E-state index < -0.39 is 0 Å². The molecule has 13 heavy (non-hydrogen) atoms. The summed E-state index contributed by atoms with van der Waals surface area (Å²) in [5.41, 5.74) is 0.784. The highest BCUT2D eigenvalue weighted by molar-refractivity contribution is 5.82. The molecule has 0 aliphatic carbocycles. The number of Topliss-reactive ketones (excluding diaryl/α,β-unsaturated/α-hetero) is 1. The number of aromatic nitrogens is 2. The number of carbonyl (C=O) groups excluding carboxylic acids is 1. The van der Waals surface area contributed by atoms with Crippen molar-refractivity contribution in [3.05, 3.63) is 18.2 Å². The number of nitrogens with one attached hydrogen (secondary N) is 1. The summed E-state index contributed by atoms with van der Waals surface area (Å²) in [6.07, 6.45) is 5.03. The lowest BCUT2D eigenvalue weighted by Crippen LogP contribution is -2.27. The number of hydrogen-bond acceptors (Lipinski definition) is 2. The van der Waals surface area contributed by atoms with Crippen LogP contribution in [0.25, 0.3) is 0 Å². The smallest absolute Gasteiger partial charge is 0.136 e. The van der Waals surface area contributed by atoms with Gasteiger partial charge in [-0.05, 0) is 13.3 Å². The summed E-state index contributed by atoms with van der Waals surface area (Å²) in [7, 11) is 0. The maximum absolute atomic E-state index is 11.4. The van der Waals surface area contributed by atoms with Gasteiger partial charge in [-0.2, -0.15) is 0 Å². The number of imidazole rings is 1. The maximum Gasteiger partial charge on any atom is 0.136 e. The van der Waals surface area contributed by atoms with E-state index >= 15 is 0 Å². The van der Waals surface area contributed by atoms with Crippen LogP contribution in [0.15, 0.2) is 12.5 Å². The predicted molar refractivity (Wildman–Crippen MR) is 51.4 cm³/mol. The highest BCUT2D eigenvalue weighted by Crippen LogP contribution is 2.26. The number of aromatic amines is 1. The molecule has 1 aromatic heterocycles. The van der Waals surface area contributed by atoms with Gasteiger partial charge in [-0.3, -0.25) is 4.79 Å². The Labute approximate surface area is 78.6 Å². The summed E-state index contributed by atoms with van der Waals surface area (Å²) in [6, 6.07) is 0. The highest BCUT2D eigenvalue weighted by atomic mass is 16.1. The summed E-state index contributed by atoms with van der Waals surface area (Å²) in [4.78, 5) is 18.3. The molecular weight excluding hydrogens is 164 g/mol. The van der Waals surface area contributed by atoms with Crippen molar-refractivity contribution < 1.29 is 4.79 Å². The van der Waals surface area contributed by atoms with E-state index in [1.165, 1.54) is 0 Å². The first-order chi connectivity index (χ1) is 6.08. The molecule has 1 unspecified atom stereocenters. The van der Waals surface area contributed by atoms with Crippen LogP contribution in [0.5, 0.6) is 0 Å². The van der Waals surface area contributed by atoms with Crippen LogP contribution in [-0.4, -0.2) is 15.8 Å². The van der Waals surface area contributed by atoms with Gasteiger partial charge in [-0.15, -0.1) is 0 Å². The van der Waals surface area contributed by atoms with Crippen molar-refractivity contribution in [2.24, 2.45) is 5.41 Å². The third kappa shape index (κ3) is 2.17. The molecule has 1 N–H and O–H groups in total. The van der Waals surface area contributed by atoms with Crippen LogP contribution in [-0.2, 0) is 11.2 Å². The second-order valence-corrected chi connectivity index (χ2v) is 3.72. The van der Waals surface area contributed by atoms with Gasteiger partial charge < -0.3 is 4.98 Å². The molecule has 0 aliphatic heterocycles. The van der Waals surface area contributed by atoms with Crippen molar-refractivity contribution in [2.75, 3.05) is 0 Å². The van der Waals surface area contributed by atoms with Gasteiger partial charge in [0.1, 0.15) is 5.78 Å². The van der Waals surface area contributed by atoms with Crippen molar-refractivity contribution in [2.45, 2.75) is 33.6 Å². The Morgan fingerprint density at radius 2 is 2.38 bits per heavy atom. The number of H-pyrrole nitrogens is 1. The lowest BCUT2D eigenvalue weighted by atomic mass is 9.79. The zero-order valence-corrected chi connectivity index (χ0v) is 8.42. The molecule has 0 fully saturated rings. The first-order valence-electron chi connectivity index (χ1n) is 4.57. The molecule has 0 spiro atoms. The standard InChI is InChI=1S/C10H16N2O/c1-4-10(3,8(2)13)5-9-6-11-7-12-9/h6-7H,4-5H2,1-3H3,(H,11,12). The first kappa shape index (κ1) is 9.96. The van der Waals surface area contributed by atoms with Gasteiger partial charge in [0.15, 0.2) is 0 Å². The molecule has 0 amide bonds. The summed E-state index contributed by atoms with van der Waals surface area (Å²) in [5.74, 6) is 0.240. The van der Waals surface area contributed by atoms with Gasteiger partial charge in [0.25, 0.3) is 0 Å². The van der Waals surface area contributed by atoms with Crippen LogP contribution in [0, 0.1) is 5.41 Å². The van der Waals surface area contributed by atoms with Crippen LogP contribution in [0.2, 0.25) is 0 Å². The molecule has 0 saturated carbocycles. The predicted octanol–water partition coefficient (Wildman–Crippen LogP) is 1.96. The fourth-order valence-corrected chi connectivity index (χ4v) is 1.30. The second-order valence-electron chi connectivity index (χ2n) is 3.72. The second kappa shape index (κ2) is 3.73. The van der Waals surface area contributed by atoms with E-state index in [-0.39, 0.29) is 11.2 Å². The van der Waals surface area contributed by atoms with Gasteiger partial charge in [0, 0.05) is 23.7 Å². The maximum atomic E-state index is 11.4. The summed E-state index contributed by atoms with van der Waals surface area (Å²) in [6.45, 7) is 5.69. The molecule has 0 aliphatic rings. The molecule has 0 aromatic carbocycles. The van der Waals surface area contributed by atoms with Crippen molar-refractivity contribution in [3.8, 4) is 0 Å². The van der Waals surface area contributed by atoms with Gasteiger partial charge >= 0.3 is 0 Å². The molecule has 3 heteroatoms. The zero-order chi connectivity index (χ0) is 9.90. The fraction of sp³-hybridized carbons (Fsp3) is 0.600. The number of nitrogens with zero attached hydrogens (tertiary/aromatic N) is 1. The van der Waals surface area contributed by atoms with Gasteiger partial charge in [0.05, 0.1) is 6.33 Å². The monoisotopic (exact) mass is 180 g/mol. The van der Waals surface area contributed by atoms with E-state index in [9.17, 15) is 4.79 Å². The van der Waals surface area contributed by atoms with E-state index in [1.807, 2.05) is 13.8 Å². The van der Waals surface area contributed by atoms with E-state index in [2.05, 4.69) is 9.97 Å². The SMILES string of the molecule is CCC(C)(Cc1cnc[nH]1)C(C)=O. The van der Waals surface area contributed by atoms with Crippen LogP contribution in [0.1, 0.15) is 32.9 Å². The molecule has 0 radical (unpaired) electrons. The topological polar surface area (TPSA) is 45.8 Å². The third-order valence-corrected chi connectivity index (χ3v) is 2.77. The lowest BCUT2D eigenvalue weighted by Gasteiger charge is -2.23. The van der Waals surface area contributed by atoms with E-state index in [0.717, 1.165) is 18.5 Å². The lowest BCUT2D eigenvalue weighted by molar-refractivity contribution is -0.125. The van der Waals surface area contributed by atoms with Crippen LogP contribution in [0.3, 0.4) is 0 Å². The fourth-order valence-electron chi connectivity index (χ4n) is 1.30. The van der Waals surface area contributed by atoms with Gasteiger partial charge in [-0.1, -0.05) is 13.8 Å². The quantitative estimate of drug-likeness (QED) is 0.769. The molecule has 3 nitrogen and oxygen atoms in total. The Hall–Kier alpha value is -1.12. The molecule has 0 saturated heterocycles. The molecule has 72 valence electrons. The van der Waals surface area contributed by atoms with Crippen LogP contribution < -0.4 is 0 Å². The van der Waals surface area contributed by atoms with E-state index in [4.69, 9.17) is 0 Å². The Kier molecular flexibility index (Phi) is 2.86. The molecular formula is C10H16N2O. The summed E-state index contributed by atoms with van der Waals surface area (Å²) in [5, 5.41) is 0. The molecule has 1 heterocycles. The van der Waals surface area contributed by atoms with Crippen molar-refractivity contribution >= 4 is 5.78 Å². The average Bonchev–Trinajstić information content (AvgIpc) is 2.56. The number of carbonyl (C=O) groups is 1. The third-order valence-electron chi connectivity index (χ3n) is 2.77. The Bertz CT molecular complexity index is 279. The zero-order valence-electron chi connectivity index (χ0n) is 8.42. The first-order valence-corrected chi connectivity index (χ1v) is 4.57. The highest BCUT2D eigenvalue weighted by Gasteiger charge is 2.28. The van der Waals surface area contributed by atoms with E-state index in [1.54, 1.807) is 19.4 Å². The minimum atomic E-state index is -0.244. The average molecular weight is 180 g/mol. The van der Waals surface area contributed by atoms with Crippen molar-refractivity contribution in [3.63, 3.8) is 0 Å². The number of rotatable bonds is 4. The summed E-state index contributed by atoms with van der Waals surface area (Å²) < 4.78 is 0. The number of hydrogen-bond donors (Lipinski definition) is 1. The van der Waals surface area contributed by atoms with Gasteiger partial charge in [0.2, 0.25) is 0 Å². The van der Waals surface area contributed by atoms with Crippen molar-refractivity contribution in [1.29, 1.82) is 0 Å².